The van der Waals surface area contributed by atoms with Gasteiger partial charge >= 0.3 is 54.8 Å². The molecule has 0 aliphatic heterocycles. The zero-order valence-corrected chi connectivity index (χ0v) is 10.4. The Bertz CT molecular complexity index is 40.5. The standard InChI is InChI=1S/CF3.Hg.HI/c2-1(3)4;;/h;;1H/q;+1;/p-1. The summed E-state index contributed by atoms with van der Waals surface area (Å²) in [7, 11) is 0. The minimum absolute atomic E-state index is 1.49. The Hall–Kier alpha value is 1.46. The van der Waals surface area contributed by atoms with Crippen LogP contribution >= 0.6 is 17.7 Å². The van der Waals surface area contributed by atoms with E-state index in [-0.39, 0.29) is 0 Å². The first-order chi connectivity index (χ1) is 2.56. The van der Waals surface area contributed by atoms with Crippen LogP contribution in [0.5, 0.6) is 0 Å². The van der Waals surface area contributed by atoms with Gasteiger partial charge in [0, 0.05) is 0 Å². The molecule has 0 nitrogen and oxygen atoms in total. The molecule has 0 heterocycles. The number of hydrogen-bond donors (Lipinski definition) is 0. The van der Waals surface area contributed by atoms with Crippen LogP contribution in [-0.2, 0) is 20.2 Å². The van der Waals surface area contributed by atoms with Crippen LogP contribution in [-0.4, -0.2) is 3.69 Å². The Morgan fingerprint density at radius 2 is 1.50 bits per heavy atom. The maximum atomic E-state index is 10.9. The molecule has 0 amide bonds. The molecule has 0 fully saturated rings. The summed E-state index contributed by atoms with van der Waals surface area (Å²) in [5.74, 6) is 0. The second-order valence-corrected chi connectivity index (χ2v) is 11.6. The van der Waals surface area contributed by atoms with E-state index in [4.69, 9.17) is 0 Å². The van der Waals surface area contributed by atoms with Crippen LogP contribution in [0.3, 0.4) is 0 Å². The third-order valence-corrected chi connectivity index (χ3v) is 8.92. The Morgan fingerprint density at radius 1 is 1.33 bits per heavy atom. The molecule has 0 unspecified atom stereocenters. The molecule has 0 aromatic heterocycles. The molecule has 0 aromatic carbocycles. The van der Waals surface area contributed by atoms with Crippen molar-refractivity contribution in [3.05, 3.63) is 0 Å². The quantitative estimate of drug-likeness (QED) is 0.434. The van der Waals surface area contributed by atoms with Crippen molar-refractivity contribution in [2.24, 2.45) is 0 Å². The van der Waals surface area contributed by atoms with Gasteiger partial charge in [0.2, 0.25) is 0 Å². The van der Waals surface area contributed by atoms with Gasteiger partial charge in [0.25, 0.3) is 0 Å². The average Bonchev–Trinajstić information content (AvgIpc) is 1.35. The molecule has 0 aliphatic rings. The predicted octanol–water partition coefficient (Wildman–Crippen LogP) is 1.94. The van der Waals surface area contributed by atoms with Gasteiger partial charge in [0.1, 0.15) is 0 Å². The molecule has 0 N–H and O–H groups in total. The van der Waals surface area contributed by atoms with Gasteiger partial charge in [-0.2, -0.15) is 0 Å². The monoisotopic (exact) mass is 398 g/mol. The van der Waals surface area contributed by atoms with Crippen LogP contribution in [0.15, 0.2) is 0 Å². The predicted molar refractivity (Wildman–Crippen MR) is 20.1 cm³/mol. The summed E-state index contributed by atoms with van der Waals surface area (Å²) >= 11 is -0.897. The van der Waals surface area contributed by atoms with Crippen molar-refractivity contribution in [3.8, 4) is 0 Å². The second-order valence-electron chi connectivity index (χ2n) is 0.749. The number of hydrogen-bond acceptors (Lipinski definition) is 0. The van der Waals surface area contributed by atoms with Gasteiger partial charge in [-0.1, -0.05) is 0 Å². The first kappa shape index (κ1) is 7.46. The molecule has 0 atom stereocenters. The van der Waals surface area contributed by atoms with E-state index in [2.05, 4.69) is 0 Å². The van der Waals surface area contributed by atoms with Gasteiger partial charge in [-0.3, -0.25) is 0 Å². The molecule has 34 valence electrons. The summed E-state index contributed by atoms with van der Waals surface area (Å²) in [6.45, 7) is 0. The van der Waals surface area contributed by atoms with Gasteiger partial charge in [-0.15, -0.1) is 0 Å². The molecule has 0 spiro atoms. The summed E-state index contributed by atoms with van der Waals surface area (Å²) < 4.78 is 28.9. The van der Waals surface area contributed by atoms with Gasteiger partial charge in [0.15, 0.2) is 0 Å². The van der Waals surface area contributed by atoms with E-state index < -0.39 is 23.9 Å². The molecule has 0 saturated carbocycles. The van der Waals surface area contributed by atoms with Crippen LogP contribution < -0.4 is 0 Å². The average molecular weight is 396 g/mol. The van der Waals surface area contributed by atoms with Crippen molar-refractivity contribution in [1.29, 1.82) is 0 Å². The Labute approximate surface area is 54.3 Å². The SMILES string of the molecule is F[C](F)(F)[Hg][I]. The van der Waals surface area contributed by atoms with Crippen molar-refractivity contribution in [2.75, 3.05) is 0 Å². The van der Waals surface area contributed by atoms with E-state index in [1.165, 1.54) is 17.7 Å². The summed E-state index contributed by atoms with van der Waals surface area (Å²) in [6, 6.07) is 0. The third kappa shape index (κ3) is 5.46. The van der Waals surface area contributed by atoms with Gasteiger partial charge in [-0.25, -0.2) is 0 Å². The van der Waals surface area contributed by atoms with E-state index in [0.29, 0.717) is 0 Å². The zero-order chi connectivity index (χ0) is 5.21. The number of halogens is 4. The van der Waals surface area contributed by atoms with Crippen LogP contribution in [0.1, 0.15) is 0 Å². The summed E-state index contributed by atoms with van der Waals surface area (Å²) in [6.07, 6.45) is 0. The Balaban J connectivity index is 3.17. The fourth-order valence-electron chi connectivity index (χ4n) is 0. The van der Waals surface area contributed by atoms with E-state index >= 15 is 0 Å². The molecule has 0 aromatic rings. The first-order valence-corrected chi connectivity index (χ1v) is 19.4. The van der Waals surface area contributed by atoms with Crippen LogP contribution in [0, 0.1) is 0 Å². The summed E-state index contributed by atoms with van der Waals surface area (Å²) in [5.41, 5.74) is 0. The van der Waals surface area contributed by atoms with Crippen LogP contribution in [0.2, 0.25) is 0 Å². The van der Waals surface area contributed by atoms with Crippen molar-refractivity contribution in [1.82, 2.24) is 0 Å². The van der Waals surface area contributed by atoms with Gasteiger partial charge in [0.05, 0.1) is 0 Å². The van der Waals surface area contributed by atoms with Crippen molar-refractivity contribution in [3.63, 3.8) is 0 Å². The number of alkyl halides is 3. The maximum absolute atomic E-state index is 10.9. The van der Waals surface area contributed by atoms with Crippen molar-refractivity contribution in [2.45, 2.75) is 3.69 Å². The normalized spacial score (nSPS) is 10.7. The van der Waals surface area contributed by atoms with E-state index in [1.807, 2.05) is 0 Å². The van der Waals surface area contributed by atoms with Crippen molar-refractivity contribution >= 4 is 17.7 Å². The van der Waals surface area contributed by atoms with Gasteiger partial charge in [-0.05, 0) is 0 Å². The fraction of sp³-hybridized carbons (Fsp3) is 1.00. The molecule has 0 saturated heterocycles. The van der Waals surface area contributed by atoms with Gasteiger partial charge < -0.3 is 0 Å². The molecule has 0 radical (unpaired) electrons. The number of rotatable bonds is 0. The molecule has 5 heteroatoms. The first-order valence-electron chi connectivity index (χ1n) is 1.19. The van der Waals surface area contributed by atoms with Crippen molar-refractivity contribution < 1.29 is 33.4 Å². The zero-order valence-electron chi connectivity index (χ0n) is 2.72. The molecular formula is CF3HgI. The van der Waals surface area contributed by atoms with Crippen LogP contribution in [0.4, 0.5) is 13.2 Å². The minimum atomic E-state index is -3.75. The molecule has 0 aliphatic carbocycles. The summed E-state index contributed by atoms with van der Waals surface area (Å²) in [5, 5.41) is 0. The van der Waals surface area contributed by atoms with E-state index in [1.54, 1.807) is 0 Å². The van der Waals surface area contributed by atoms with E-state index in [0.717, 1.165) is 0 Å². The Morgan fingerprint density at radius 3 is 1.50 bits per heavy atom. The second kappa shape index (κ2) is 2.69. The topological polar surface area (TPSA) is 0 Å². The molecule has 0 rings (SSSR count). The molecular weight excluding hydrogens is 396 g/mol. The third-order valence-electron chi connectivity index (χ3n) is 0.152. The Kier molecular flexibility index (Phi) is 3.34. The molecule has 0 bridgehead atoms. The van der Waals surface area contributed by atoms with E-state index in [9.17, 15) is 13.2 Å². The fourth-order valence-corrected chi connectivity index (χ4v) is 0. The summed E-state index contributed by atoms with van der Waals surface area (Å²) in [4.78, 5) is 0. The van der Waals surface area contributed by atoms with Crippen LogP contribution in [0.25, 0.3) is 0 Å². The molecule has 6 heavy (non-hydrogen) atoms.